The van der Waals surface area contributed by atoms with Crippen LogP contribution in [0.4, 0.5) is 5.82 Å². The summed E-state index contributed by atoms with van der Waals surface area (Å²) >= 11 is 1.39. The van der Waals surface area contributed by atoms with E-state index in [1.165, 1.54) is 11.8 Å². The summed E-state index contributed by atoms with van der Waals surface area (Å²) in [5.41, 5.74) is 0.964. The highest BCUT2D eigenvalue weighted by Crippen LogP contribution is 2.39. The van der Waals surface area contributed by atoms with E-state index in [9.17, 15) is 9.59 Å². The maximum Gasteiger partial charge on any atom is 0.279 e. The van der Waals surface area contributed by atoms with Gasteiger partial charge in [0.2, 0.25) is 5.91 Å². The molecule has 0 saturated carbocycles. The molecule has 0 radical (unpaired) electrons. The largest absolute Gasteiger partial charge is 0.493 e. The lowest BCUT2D eigenvalue weighted by Gasteiger charge is -2.27. The minimum atomic E-state index is -0.405. The first-order chi connectivity index (χ1) is 14.0. The highest BCUT2D eigenvalue weighted by atomic mass is 32.2. The van der Waals surface area contributed by atoms with Gasteiger partial charge in [0.1, 0.15) is 5.82 Å². The van der Waals surface area contributed by atoms with Crippen molar-refractivity contribution in [2.75, 3.05) is 24.8 Å². The summed E-state index contributed by atoms with van der Waals surface area (Å²) in [7, 11) is 3.37. The third-order valence-corrected chi connectivity index (χ3v) is 5.71. The number of benzene rings is 1. The molecular weight excluding hydrogens is 390 g/mol. The van der Waals surface area contributed by atoms with Crippen molar-refractivity contribution in [3.05, 3.63) is 52.3 Å². The van der Waals surface area contributed by atoms with Crippen molar-refractivity contribution in [3.63, 3.8) is 0 Å². The van der Waals surface area contributed by atoms with Crippen molar-refractivity contribution in [1.29, 1.82) is 0 Å². The molecule has 0 spiro atoms. The SMILES string of the molecule is C=CCSc1nc(=O)c2c(n1C)NC(=O)C[C@H]2c1ccc(OCCC)c(OC)c1. The summed E-state index contributed by atoms with van der Waals surface area (Å²) < 4.78 is 12.9. The second-order valence-corrected chi connectivity index (χ2v) is 7.67. The molecule has 2 heterocycles. The maximum absolute atomic E-state index is 12.9. The third-order valence-electron chi connectivity index (χ3n) is 4.68. The molecule has 2 aromatic rings. The van der Waals surface area contributed by atoms with E-state index in [2.05, 4.69) is 16.9 Å². The molecular formula is C21H25N3O4S. The van der Waals surface area contributed by atoms with Crippen molar-refractivity contribution in [1.82, 2.24) is 9.55 Å². The second kappa shape index (κ2) is 9.17. The Labute approximate surface area is 174 Å². The van der Waals surface area contributed by atoms with Gasteiger partial charge in [0.25, 0.3) is 5.56 Å². The monoisotopic (exact) mass is 415 g/mol. The molecule has 1 aromatic heterocycles. The Morgan fingerprint density at radius 2 is 2.17 bits per heavy atom. The maximum atomic E-state index is 12.9. The topological polar surface area (TPSA) is 82.5 Å². The molecule has 1 atom stereocenters. The molecule has 7 nitrogen and oxygen atoms in total. The molecule has 8 heteroatoms. The lowest BCUT2D eigenvalue weighted by Crippen LogP contribution is -2.33. The fraction of sp³-hybridized carbons (Fsp3) is 0.381. The summed E-state index contributed by atoms with van der Waals surface area (Å²) in [5, 5.41) is 3.38. The van der Waals surface area contributed by atoms with Crippen LogP contribution in [0, 0.1) is 0 Å². The number of nitrogens with one attached hydrogen (secondary N) is 1. The number of anilines is 1. The van der Waals surface area contributed by atoms with E-state index in [1.54, 1.807) is 24.8 Å². The minimum Gasteiger partial charge on any atom is -0.493 e. The number of amides is 1. The van der Waals surface area contributed by atoms with E-state index in [1.807, 2.05) is 25.1 Å². The molecule has 3 rings (SSSR count). The van der Waals surface area contributed by atoms with Gasteiger partial charge in [-0.2, -0.15) is 4.98 Å². The lowest BCUT2D eigenvalue weighted by molar-refractivity contribution is -0.116. The molecule has 1 N–H and O–H groups in total. The molecule has 0 aliphatic carbocycles. The van der Waals surface area contributed by atoms with E-state index >= 15 is 0 Å². The van der Waals surface area contributed by atoms with Crippen molar-refractivity contribution >= 4 is 23.5 Å². The number of carbonyl (C=O) groups is 1. The second-order valence-electron chi connectivity index (χ2n) is 6.68. The molecule has 0 unspecified atom stereocenters. The van der Waals surface area contributed by atoms with Crippen LogP contribution in [-0.2, 0) is 11.8 Å². The Kier molecular flexibility index (Phi) is 6.64. The van der Waals surface area contributed by atoms with Crippen LogP contribution in [0.3, 0.4) is 0 Å². The normalized spacial score (nSPS) is 15.4. The van der Waals surface area contributed by atoms with E-state index in [0.717, 1.165) is 12.0 Å². The Hall–Kier alpha value is -2.74. The Morgan fingerprint density at radius 1 is 1.38 bits per heavy atom. The molecule has 1 amide bonds. The number of aromatic nitrogens is 2. The summed E-state index contributed by atoms with van der Waals surface area (Å²) in [6, 6.07) is 5.53. The van der Waals surface area contributed by atoms with Crippen LogP contribution in [0.15, 0.2) is 40.8 Å². The zero-order valence-corrected chi connectivity index (χ0v) is 17.7. The average molecular weight is 416 g/mol. The van der Waals surface area contributed by atoms with Gasteiger partial charge in [-0.15, -0.1) is 6.58 Å². The van der Waals surface area contributed by atoms with Crippen molar-refractivity contribution in [2.45, 2.75) is 30.8 Å². The molecule has 0 saturated heterocycles. The quantitative estimate of drug-likeness (QED) is 0.405. The zero-order valence-electron chi connectivity index (χ0n) is 16.9. The van der Waals surface area contributed by atoms with Crippen LogP contribution in [-0.4, -0.2) is 34.9 Å². The molecule has 154 valence electrons. The van der Waals surface area contributed by atoms with Crippen LogP contribution in [0.2, 0.25) is 0 Å². The van der Waals surface area contributed by atoms with Crippen LogP contribution >= 0.6 is 11.8 Å². The number of thioether (sulfide) groups is 1. The van der Waals surface area contributed by atoms with Crippen molar-refractivity contribution < 1.29 is 14.3 Å². The number of carbonyl (C=O) groups excluding carboxylic acids is 1. The van der Waals surface area contributed by atoms with E-state index in [4.69, 9.17) is 9.47 Å². The van der Waals surface area contributed by atoms with E-state index < -0.39 is 5.92 Å². The fourth-order valence-electron chi connectivity index (χ4n) is 3.31. The summed E-state index contributed by atoms with van der Waals surface area (Å²) in [5.74, 6) is 1.77. The van der Waals surface area contributed by atoms with Crippen molar-refractivity contribution in [3.8, 4) is 11.5 Å². The number of methoxy groups -OCH3 is 1. The number of ether oxygens (including phenoxy) is 2. The highest BCUT2D eigenvalue weighted by molar-refractivity contribution is 7.99. The first-order valence-electron chi connectivity index (χ1n) is 9.45. The summed E-state index contributed by atoms with van der Waals surface area (Å²) in [4.78, 5) is 29.6. The van der Waals surface area contributed by atoms with Gasteiger partial charge in [-0.05, 0) is 24.1 Å². The number of nitrogens with zero attached hydrogens (tertiary/aromatic N) is 2. The predicted molar refractivity (Wildman–Crippen MR) is 114 cm³/mol. The standard InChI is InChI=1S/C21H25N3O4S/c1-5-9-28-15-8-7-13(11-16(15)27-4)14-12-17(25)22-19-18(14)20(26)23-21(24(19)3)29-10-6-2/h6-8,11,14H,2,5,9-10,12H2,1,3-4H3,(H,22,25)/t14-/m0/s1. The highest BCUT2D eigenvalue weighted by Gasteiger charge is 2.32. The van der Waals surface area contributed by atoms with Gasteiger partial charge in [0.15, 0.2) is 16.7 Å². The lowest BCUT2D eigenvalue weighted by atomic mass is 9.86. The fourth-order valence-corrected chi connectivity index (χ4v) is 4.01. The number of hydrogen-bond acceptors (Lipinski definition) is 6. The van der Waals surface area contributed by atoms with Gasteiger partial charge in [-0.25, -0.2) is 0 Å². The van der Waals surface area contributed by atoms with Gasteiger partial charge in [0, 0.05) is 25.1 Å². The smallest absolute Gasteiger partial charge is 0.279 e. The predicted octanol–water partition coefficient (Wildman–Crippen LogP) is 3.33. The summed E-state index contributed by atoms with van der Waals surface area (Å²) in [6.07, 6.45) is 2.79. The molecule has 0 fully saturated rings. The van der Waals surface area contributed by atoms with Crippen molar-refractivity contribution in [2.24, 2.45) is 7.05 Å². The van der Waals surface area contributed by atoms with Crippen LogP contribution in [0.1, 0.15) is 36.8 Å². The molecule has 1 aliphatic rings. The van der Waals surface area contributed by atoms with E-state index in [0.29, 0.717) is 40.4 Å². The number of hydrogen-bond donors (Lipinski definition) is 1. The van der Waals surface area contributed by atoms with Gasteiger partial charge >= 0.3 is 0 Å². The average Bonchev–Trinajstić information content (AvgIpc) is 2.72. The minimum absolute atomic E-state index is 0.145. The summed E-state index contributed by atoms with van der Waals surface area (Å²) in [6.45, 7) is 6.31. The molecule has 0 bridgehead atoms. The van der Waals surface area contributed by atoms with Crippen LogP contribution < -0.4 is 20.3 Å². The first-order valence-corrected chi connectivity index (χ1v) is 10.4. The number of fused-ring (bicyclic) bond motifs is 1. The van der Waals surface area contributed by atoms with E-state index in [-0.39, 0.29) is 17.9 Å². The van der Waals surface area contributed by atoms with Gasteiger partial charge in [-0.3, -0.25) is 9.59 Å². The molecule has 29 heavy (non-hydrogen) atoms. The zero-order chi connectivity index (χ0) is 21.0. The van der Waals surface area contributed by atoms with Crippen LogP contribution in [0.5, 0.6) is 11.5 Å². The van der Waals surface area contributed by atoms with Crippen LogP contribution in [0.25, 0.3) is 0 Å². The van der Waals surface area contributed by atoms with Gasteiger partial charge in [-0.1, -0.05) is 30.8 Å². The number of rotatable bonds is 8. The Morgan fingerprint density at radius 3 is 2.86 bits per heavy atom. The Balaban J connectivity index is 2.07. The first kappa shape index (κ1) is 21.0. The third kappa shape index (κ3) is 4.32. The van der Waals surface area contributed by atoms with Gasteiger partial charge in [0.05, 0.1) is 19.3 Å². The van der Waals surface area contributed by atoms with Gasteiger partial charge < -0.3 is 19.4 Å². The molecule has 1 aliphatic heterocycles. The molecule has 1 aromatic carbocycles. The Bertz CT molecular complexity index is 987.